The molecule has 0 radical (unpaired) electrons. The van der Waals surface area contributed by atoms with Gasteiger partial charge in [-0.3, -0.25) is 5.43 Å². The average molecular weight is 450 g/mol. The van der Waals surface area contributed by atoms with Crippen molar-refractivity contribution < 1.29 is 9.47 Å². The van der Waals surface area contributed by atoms with Crippen molar-refractivity contribution >= 4 is 34.3 Å². The van der Waals surface area contributed by atoms with Gasteiger partial charge < -0.3 is 9.47 Å². The normalized spacial score (nSPS) is 10.9. The van der Waals surface area contributed by atoms with Crippen molar-refractivity contribution in [2.45, 2.75) is 6.61 Å². The van der Waals surface area contributed by atoms with E-state index in [1.165, 1.54) is 11.3 Å². The van der Waals surface area contributed by atoms with Gasteiger partial charge in [0.25, 0.3) is 0 Å². The molecule has 5 nitrogen and oxygen atoms in total. The second-order valence-electron chi connectivity index (χ2n) is 6.60. The number of methoxy groups -OCH3 is 1. The lowest BCUT2D eigenvalue weighted by atomic mass is 10.2. The van der Waals surface area contributed by atoms with Crippen LogP contribution in [0.5, 0.6) is 11.5 Å². The van der Waals surface area contributed by atoms with Gasteiger partial charge in [0.05, 0.1) is 24.0 Å². The Morgan fingerprint density at radius 1 is 1.06 bits per heavy atom. The van der Waals surface area contributed by atoms with Crippen molar-refractivity contribution in [2.75, 3.05) is 12.5 Å². The van der Waals surface area contributed by atoms with E-state index in [2.05, 4.69) is 15.5 Å². The van der Waals surface area contributed by atoms with Gasteiger partial charge in [0, 0.05) is 10.9 Å². The van der Waals surface area contributed by atoms with Crippen LogP contribution >= 0.6 is 22.9 Å². The first-order valence-electron chi connectivity index (χ1n) is 9.56. The molecule has 0 saturated heterocycles. The Labute approximate surface area is 190 Å². The van der Waals surface area contributed by atoms with Crippen molar-refractivity contribution in [2.24, 2.45) is 5.10 Å². The zero-order valence-corrected chi connectivity index (χ0v) is 18.4. The van der Waals surface area contributed by atoms with Gasteiger partial charge in [-0.05, 0) is 53.6 Å². The van der Waals surface area contributed by atoms with Crippen LogP contribution in [0.2, 0.25) is 5.02 Å². The third-order valence-electron chi connectivity index (χ3n) is 4.46. The molecule has 31 heavy (non-hydrogen) atoms. The Balaban J connectivity index is 1.34. The topological polar surface area (TPSA) is 55.7 Å². The van der Waals surface area contributed by atoms with Gasteiger partial charge in [0.2, 0.25) is 5.13 Å². The second kappa shape index (κ2) is 10.1. The number of aromatic nitrogens is 1. The van der Waals surface area contributed by atoms with E-state index in [0.29, 0.717) is 22.5 Å². The fourth-order valence-corrected chi connectivity index (χ4v) is 3.74. The molecule has 0 fully saturated rings. The number of anilines is 1. The largest absolute Gasteiger partial charge is 0.497 e. The highest BCUT2D eigenvalue weighted by Crippen LogP contribution is 2.27. The minimum Gasteiger partial charge on any atom is -0.497 e. The molecule has 1 aromatic heterocycles. The lowest BCUT2D eigenvalue weighted by molar-refractivity contribution is 0.306. The molecule has 1 N–H and O–H groups in total. The van der Waals surface area contributed by atoms with E-state index >= 15 is 0 Å². The second-order valence-corrected chi connectivity index (χ2v) is 7.87. The number of thiazole rings is 1. The molecule has 0 aliphatic heterocycles. The highest BCUT2D eigenvalue weighted by Gasteiger charge is 2.05. The van der Waals surface area contributed by atoms with Crippen molar-refractivity contribution in [3.05, 3.63) is 94.3 Å². The fourth-order valence-electron chi connectivity index (χ4n) is 2.83. The van der Waals surface area contributed by atoms with Gasteiger partial charge in [0.15, 0.2) is 0 Å². The number of rotatable bonds is 8. The molecule has 0 unspecified atom stereocenters. The third-order valence-corrected chi connectivity index (χ3v) is 5.50. The average Bonchev–Trinajstić information content (AvgIpc) is 3.28. The van der Waals surface area contributed by atoms with Crippen LogP contribution < -0.4 is 14.9 Å². The maximum absolute atomic E-state index is 6.36. The summed E-state index contributed by atoms with van der Waals surface area (Å²) < 4.78 is 11.0. The SMILES string of the molecule is COc1ccc(-c2csc(N/N=C\c3ccc(OCc4ccccc4)c(Cl)c3)n2)cc1. The number of nitrogens with zero attached hydrogens (tertiary/aromatic N) is 2. The number of halogens is 1. The van der Waals surface area contributed by atoms with E-state index in [1.807, 2.05) is 78.2 Å². The van der Waals surface area contributed by atoms with Crippen molar-refractivity contribution in [3.8, 4) is 22.8 Å². The van der Waals surface area contributed by atoms with E-state index in [1.54, 1.807) is 13.3 Å². The summed E-state index contributed by atoms with van der Waals surface area (Å²) >= 11 is 7.84. The molecule has 3 aromatic carbocycles. The fraction of sp³-hybridized carbons (Fsp3) is 0.0833. The molecule has 156 valence electrons. The maximum atomic E-state index is 6.36. The van der Waals surface area contributed by atoms with E-state index in [4.69, 9.17) is 21.1 Å². The van der Waals surface area contributed by atoms with E-state index in [-0.39, 0.29) is 0 Å². The lowest BCUT2D eigenvalue weighted by Crippen LogP contribution is -1.96. The monoisotopic (exact) mass is 449 g/mol. The molecule has 0 spiro atoms. The molecule has 7 heteroatoms. The minimum atomic E-state index is 0.468. The van der Waals surface area contributed by atoms with E-state index in [9.17, 15) is 0 Å². The van der Waals surface area contributed by atoms with Gasteiger partial charge in [-0.25, -0.2) is 4.98 Å². The van der Waals surface area contributed by atoms with Crippen LogP contribution in [0.1, 0.15) is 11.1 Å². The first-order valence-corrected chi connectivity index (χ1v) is 10.8. The Hall–Kier alpha value is -3.35. The van der Waals surface area contributed by atoms with E-state index < -0.39 is 0 Å². The van der Waals surface area contributed by atoms with Gasteiger partial charge in [-0.15, -0.1) is 11.3 Å². The molecule has 0 aliphatic rings. The zero-order chi connectivity index (χ0) is 21.5. The van der Waals surface area contributed by atoms with Crippen LogP contribution in [-0.2, 0) is 6.61 Å². The van der Waals surface area contributed by atoms with Gasteiger partial charge >= 0.3 is 0 Å². The number of hydrazone groups is 1. The zero-order valence-electron chi connectivity index (χ0n) is 16.8. The van der Waals surface area contributed by atoms with Gasteiger partial charge in [-0.2, -0.15) is 5.10 Å². The summed E-state index contributed by atoms with van der Waals surface area (Å²) in [5, 5.41) is 7.49. The Morgan fingerprint density at radius 3 is 2.61 bits per heavy atom. The first kappa shape index (κ1) is 20.9. The summed E-state index contributed by atoms with van der Waals surface area (Å²) in [5.41, 5.74) is 6.81. The molecule has 0 amide bonds. The number of benzene rings is 3. The molecular formula is C24H20ClN3O2S. The molecule has 0 saturated carbocycles. The highest BCUT2D eigenvalue weighted by molar-refractivity contribution is 7.14. The lowest BCUT2D eigenvalue weighted by Gasteiger charge is -2.08. The summed E-state index contributed by atoms with van der Waals surface area (Å²) in [5.74, 6) is 1.46. The number of ether oxygens (including phenoxy) is 2. The van der Waals surface area contributed by atoms with Crippen LogP contribution in [0.3, 0.4) is 0 Å². The molecule has 4 aromatic rings. The summed E-state index contributed by atoms with van der Waals surface area (Å²) in [4.78, 5) is 4.56. The Bertz CT molecular complexity index is 1160. The predicted octanol–water partition coefficient (Wildman–Crippen LogP) is 6.50. The van der Waals surface area contributed by atoms with Gasteiger partial charge in [-0.1, -0.05) is 41.9 Å². The van der Waals surface area contributed by atoms with Crippen LogP contribution in [-0.4, -0.2) is 18.3 Å². The van der Waals surface area contributed by atoms with Crippen molar-refractivity contribution in [1.82, 2.24) is 4.98 Å². The van der Waals surface area contributed by atoms with Crippen LogP contribution in [0, 0.1) is 0 Å². The summed E-state index contributed by atoms with van der Waals surface area (Å²) in [7, 11) is 1.65. The smallest absolute Gasteiger partial charge is 0.203 e. The summed E-state index contributed by atoms with van der Waals surface area (Å²) in [6.07, 6.45) is 1.70. The van der Waals surface area contributed by atoms with Crippen LogP contribution in [0.4, 0.5) is 5.13 Å². The predicted molar refractivity (Wildman–Crippen MR) is 128 cm³/mol. The Kier molecular flexibility index (Phi) is 6.82. The number of hydrogen-bond donors (Lipinski definition) is 1. The van der Waals surface area contributed by atoms with Crippen LogP contribution in [0.25, 0.3) is 11.3 Å². The summed E-state index contributed by atoms with van der Waals surface area (Å²) in [6, 6.07) is 23.3. The molecule has 0 bridgehead atoms. The highest BCUT2D eigenvalue weighted by atomic mass is 35.5. The first-order chi connectivity index (χ1) is 15.2. The van der Waals surface area contributed by atoms with E-state index in [0.717, 1.165) is 28.1 Å². The standard InChI is InChI=1S/C24H20ClN3O2S/c1-29-20-10-8-19(9-11-20)22-16-31-24(27-22)28-26-14-18-7-12-23(21(25)13-18)30-15-17-5-3-2-4-6-17/h2-14,16H,15H2,1H3,(H,27,28)/b26-14-. The number of nitrogens with one attached hydrogen (secondary N) is 1. The maximum Gasteiger partial charge on any atom is 0.203 e. The third kappa shape index (κ3) is 5.63. The summed E-state index contributed by atoms with van der Waals surface area (Å²) in [6.45, 7) is 0.468. The minimum absolute atomic E-state index is 0.468. The molecule has 1 heterocycles. The van der Waals surface area contributed by atoms with Crippen molar-refractivity contribution in [1.29, 1.82) is 0 Å². The van der Waals surface area contributed by atoms with Gasteiger partial charge in [0.1, 0.15) is 18.1 Å². The molecule has 0 aliphatic carbocycles. The number of hydrogen-bond acceptors (Lipinski definition) is 6. The van der Waals surface area contributed by atoms with Crippen molar-refractivity contribution in [3.63, 3.8) is 0 Å². The molecular weight excluding hydrogens is 430 g/mol. The Morgan fingerprint density at radius 2 is 1.87 bits per heavy atom. The molecule has 4 rings (SSSR count). The molecule has 0 atom stereocenters. The quantitative estimate of drug-likeness (QED) is 0.246. The van der Waals surface area contributed by atoms with Crippen LogP contribution in [0.15, 0.2) is 83.3 Å².